The van der Waals surface area contributed by atoms with E-state index < -0.39 is 11.4 Å². The Morgan fingerprint density at radius 3 is 2.48 bits per heavy atom. The van der Waals surface area contributed by atoms with E-state index in [0.29, 0.717) is 24.1 Å². The van der Waals surface area contributed by atoms with Gasteiger partial charge in [0, 0.05) is 22.3 Å². The van der Waals surface area contributed by atoms with Gasteiger partial charge in [0.2, 0.25) is 0 Å². The van der Waals surface area contributed by atoms with Crippen molar-refractivity contribution in [2.45, 2.75) is 32.1 Å². The molecule has 6 heteroatoms. The first-order chi connectivity index (χ1) is 9.93. The third-order valence-corrected chi connectivity index (χ3v) is 4.49. The average Bonchev–Trinajstić information content (AvgIpc) is 2.44. The van der Waals surface area contributed by atoms with Crippen molar-refractivity contribution >= 4 is 33.5 Å². The summed E-state index contributed by atoms with van der Waals surface area (Å²) in [5, 5.41) is 12.2. The van der Waals surface area contributed by atoms with E-state index in [-0.39, 0.29) is 12.5 Å². The fourth-order valence-electron chi connectivity index (χ4n) is 2.79. The van der Waals surface area contributed by atoms with E-state index in [1.807, 2.05) is 0 Å². The molecule has 1 aliphatic carbocycles. The van der Waals surface area contributed by atoms with Crippen LogP contribution in [0.15, 0.2) is 22.7 Å². The Labute approximate surface area is 132 Å². The number of carbonyl (C=O) groups excluding carboxylic acids is 1. The Balaban J connectivity index is 2.06. The van der Waals surface area contributed by atoms with Crippen molar-refractivity contribution in [3.63, 3.8) is 0 Å². The SMILES string of the molecule is Nc1cc(Br)cc(C(=O)NCC2(C(=O)O)CCCCC2)c1. The van der Waals surface area contributed by atoms with E-state index in [0.717, 1.165) is 23.7 Å². The molecule has 0 aromatic heterocycles. The highest BCUT2D eigenvalue weighted by Crippen LogP contribution is 2.36. The number of nitrogens with one attached hydrogen (secondary N) is 1. The van der Waals surface area contributed by atoms with Gasteiger partial charge < -0.3 is 16.2 Å². The molecule has 0 bridgehead atoms. The van der Waals surface area contributed by atoms with Gasteiger partial charge in [-0.3, -0.25) is 9.59 Å². The molecule has 0 aliphatic heterocycles. The van der Waals surface area contributed by atoms with Crippen LogP contribution in [0.5, 0.6) is 0 Å². The number of carboxylic acid groups (broad SMARTS) is 1. The van der Waals surface area contributed by atoms with Crippen LogP contribution in [0.4, 0.5) is 5.69 Å². The lowest BCUT2D eigenvalue weighted by atomic mass is 9.74. The number of hydrogen-bond acceptors (Lipinski definition) is 3. The highest BCUT2D eigenvalue weighted by molar-refractivity contribution is 9.10. The number of halogens is 1. The van der Waals surface area contributed by atoms with Crippen LogP contribution in [0.25, 0.3) is 0 Å². The van der Waals surface area contributed by atoms with Gasteiger partial charge in [-0.05, 0) is 31.0 Å². The minimum atomic E-state index is -0.828. The third-order valence-electron chi connectivity index (χ3n) is 4.03. The summed E-state index contributed by atoms with van der Waals surface area (Å²) in [6.07, 6.45) is 4.08. The molecule has 0 radical (unpaired) electrons. The summed E-state index contributed by atoms with van der Waals surface area (Å²) in [7, 11) is 0. The Bertz CT molecular complexity index is 534. The van der Waals surface area contributed by atoms with E-state index in [4.69, 9.17) is 5.73 Å². The first kappa shape index (κ1) is 15.8. The largest absolute Gasteiger partial charge is 0.481 e. The number of nitrogen functional groups attached to an aromatic ring is 1. The number of carboxylic acids is 1. The molecule has 0 heterocycles. The Hall–Kier alpha value is -1.56. The van der Waals surface area contributed by atoms with Crippen LogP contribution in [-0.2, 0) is 4.79 Å². The minimum Gasteiger partial charge on any atom is -0.481 e. The fraction of sp³-hybridized carbons (Fsp3) is 0.467. The lowest BCUT2D eigenvalue weighted by Crippen LogP contribution is -2.44. The van der Waals surface area contributed by atoms with Crippen molar-refractivity contribution in [3.8, 4) is 0 Å². The second-order valence-corrected chi connectivity index (χ2v) is 6.52. The Kier molecular flexibility index (Phi) is 4.88. The Morgan fingerprint density at radius 2 is 1.90 bits per heavy atom. The molecule has 1 fully saturated rings. The van der Waals surface area contributed by atoms with Crippen LogP contribution in [0.1, 0.15) is 42.5 Å². The van der Waals surface area contributed by atoms with Crippen molar-refractivity contribution < 1.29 is 14.7 Å². The van der Waals surface area contributed by atoms with Gasteiger partial charge in [0.05, 0.1) is 5.41 Å². The summed E-state index contributed by atoms with van der Waals surface area (Å²) < 4.78 is 0.721. The van der Waals surface area contributed by atoms with Gasteiger partial charge in [0.15, 0.2) is 0 Å². The number of nitrogens with two attached hydrogens (primary N) is 1. The van der Waals surface area contributed by atoms with Crippen molar-refractivity contribution in [1.82, 2.24) is 5.32 Å². The van der Waals surface area contributed by atoms with Crippen molar-refractivity contribution in [2.24, 2.45) is 5.41 Å². The summed E-state index contributed by atoms with van der Waals surface area (Å²) in [6, 6.07) is 4.95. The van der Waals surface area contributed by atoms with Gasteiger partial charge >= 0.3 is 5.97 Å². The summed E-state index contributed by atoms with van der Waals surface area (Å²) in [4.78, 5) is 23.7. The first-order valence-corrected chi connectivity index (χ1v) is 7.80. The van der Waals surface area contributed by atoms with Crippen LogP contribution < -0.4 is 11.1 Å². The van der Waals surface area contributed by atoms with Gasteiger partial charge in [-0.15, -0.1) is 0 Å². The zero-order valence-electron chi connectivity index (χ0n) is 11.7. The average molecular weight is 355 g/mol. The number of aliphatic carboxylic acids is 1. The third kappa shape index (κ3) is 3.75. The zero-order chi connectivity index (χ0) is 15.5. The number of hydrogen-bond donors (Lipinski definition) is 3. The van der Waals surface area contributed by atoms with Gasteiger partial charge in [0.1, 0.15) is 0 Å². The maximum atomic E-state index is 12.2. The molecule has 21 heavy (non-hydrogen) atoms. The van der Waals surface area contributed by atoms with Crippen LogP contribution in [0.2, 0.25) is 0 Å². The predicted molar refractivity (Wildman–Crippen MR) is 84.0 cm³/mol. The molecule has 1 aliphatic rings. The molecule has 0 saturated heterocycles. The van der Waals surface area contributed by atoms with Crippen LogP contribution in [0, 0.1) is 5.41 Å². The van der Waals surface area contributed by atoms with Crippen LogP contribution in [-0.4, -0.2) is 23.5 Å². The van der Waals surface area contributed by atoms with Crippen molar-refractivity contribution in [1.29, 1.82) is 0 Å². The second-order valence-electron chi connectivity index (χ2n) is 5.60. The van der Waals surface area contributed by atoms with Gasteiger partial charge in [0.25, 0.3) is 5.91 Å². The molecule has 5 nitrogen and oxygen atoms in total. The topological polar surface area (TPSA) is 92.4 Å². The molecule has 2 rings (SSSR count). The molecule has 4 N–H and O–H groups in total. The fourth-order valence-corrected chi connectivity index (χ4v) is 3.30. The van der Waals surface area contributed by atoms with E-state index >= 15 is 0 Å². The summed E-state index contributed by atoms with van der Waals surface area (Å²) >= 11 is 3.29. The number of amides is 1. The molecule has 114 valence electrons. The zero-order valence-corrected chi connectivity index (χ0v) is 13.3. The second kappa shape index (κ2) is 6.47. The highest BCUT2D eigenvalue weighted by Gasteiger charge is 2.39. The Morgan fingerprint density at radius 1 is 1.24 bits per heavy atom. The molecular formula is C15H19BrN2O3. The van der Waals surface area contributed by atoms with Gasteiger partial charge in [-0.1, -0.05) is 35.2 Å². The van der Waals surface area contributed by atoms with Gasteiger partial charge in [-0.25, -0.2) is 0 Å². The number of benzene rings is 1. The van der Waals surface area contributed by atoms with Crippen LogP contribution in [0.3, 0.4) is 0 Å². The molecule has 0 unspecified atom stereocenters. The molecule has 1 aromatic rings. The van der Waals surface area contributed by atoms with Gasteiger partial charge in [-0.2, -0.15) is 0 Å². The maximum absolute atomic E-state index is 12.2. The van der Waals surface area contributed by atoms with E-state index in [1.165, 1.54) is 0 Å². The summed E-state index contributed by atoms with van der Waals surface area (Å²) in [5.41, 5.74) is 5.79. The molecule has 1 amide bonds. The highest BCUT2D eigenvalue weighted by atomic mass is 79.9. The minimum absolute atomic E-state index is 0.160. The quantitative estimate of drug-likeness (QED) is 0.724. The summed E-state index contributed by atoms with van der Waals surface area (Å²) in [5.74, 6) is -1.12. The monoisotopic (exact) mass is 354 g/mol. The smallest absolute Gasteiger partial charge is 0.311 e. The summed E-state index contributed by atoms with van der Waals surface area (Å²) in [6.45, 7) is 0.160. The molecule has 0 spiro atoms. The number of anilines is 1. The molecular weight excluding hydrogens is 336 g/mol. The van der Waals surface area contributed by atoms with E-state index in [2.05, 4.69) is 21.2 Å². The number of carbonyl (C=O) groups is 2. The van der Waals surface area contributed by atoms with E-state index in [1.54, 1.807) is 18.2 Å². The maximum Gasteiger partial charge on any atom is 0.311 e. The first-order valence-electron chi connectivity index (χ1n) is 7.01. The molecule has 1 saturated carbocycles. The molecule has 1 aromatic carbocycles. The lowest BCUT2D eigenvalue weighted by Gasteiger charge is -2.33. The lowest BCUT2D eigenvalue weighted by molar-refractivity contribution is -0.150. The van der Waals surface area contributed by atoms with Crippen LogP contribution >= 0.6 is 15.9 Å². The number of rotatable bonds is 4. The van der Waals surface area contributed by atoms with E-state index in [9.17, 15) is 14.7 Å². The van der Waals surface area contributed by atoms with Crippen molar-refractivity contribution in [3.05, 3.63) is 28.2 Å². The predicted octanol–water partition coefficient (Wildman–Crippen LogP) is 2.80. The standard InChI is InChI=1S/C15H19BrN2O3/c16-11-6-10(7-12(17)8-11)13(19)18-9-15(14(20)21)4-2-1-3-5-15/h6-8H,1-5,9,17H2,(H,18,19)(H,20,21). The molecule has 0 atom stereocenters. The van der Waals surface area contributed by atoms with Crippen molar-refractivity contribution in [2.75, 3.05) is 12.3 Å². The normalized spacial score (nSPS) is 17.2.